The predicted molar refractivity (Wildman–Crippen MR) is 159 cm³/mol. The average molecular weight is 638 g/mol. The van der Waals surface area contributed by atoms with E-state index in [-0.39, 0.29) is 28.9 Å². The summed E-state index contributed by atoms with van der Waals surface area (Å²) in [4.78, 5) is 13.6. The second-order valence-electron chi connectivity index (χ2n) is 8.58. The summed E-state index contributed by atoms with van der Waals surface area (Å²) in [6.07, 6.45) is 1.70. The van der Waals surface area contributed by atoms with Gasteiger partial charge in [-0.25, -0.2) is 0 Å². The Labute approximate surface area is 245 Å². The van der Waals surface area contributed by atoms with E-state index in [0.29, 0.717) is 32.0 Å². The molecule has 7 nitrogen and oxygen atoms in total. The lowest BCUT2D eigenvalue weighted by atomic mass is 10.00. The molecule has 4 aromatic rings. The zero-order chi connectivity index (χ0) is 28.3. The summed E-state index contributed by atoms with van der Waals surface area (Å²) in [7, 11) is -4.18. The highest BCUT2D eigenvalue weighted by molar-refractivity contribution is 9.10. The molecule has 4 aromatic carbocycles. The summed E-state index contributed by atoms with van der Waals surface area (Å²) in [5.74, 6) is -0.130. The van der Waals surface area contributed by atoms with Crippen molar-refractivity contribution < 1.29 is 22.1 Å². The van der Waals surface area contributed by atoms with Crippen molar-refractivity contribution in [3.8, 4) is 11.5 Å². The Hall–Kier alpha value is -3.92. The van der Waals surface area contributed by atoms with Gasteiger partial charge < -0.3 is 8.92 Å². The monoisotopic (exact) mass is 636 g/mol. The third-order valence-corrected chi connectivity index (χ3v) is 7.94. The third-order valence-electron chi connectivity index (χ3n) is 5.86. The van der Waals surface area contributed by atoms with Crippen LogP contribution >= 0.6 is 27.5 Å². The molecule has 0 fully saturated rings. The number of para-hydroxylation sites is 1. The number of carbonyl (C=O) groups is 1. The Morgan fingerprint density at radius 2 is 1.60 bits per heavy atom. The first-order valence-corrected chi connectivity index (χ1v) is 14.8. The summed E-state index contributed by atoms with van der Waals surface area (Å²) in [5, 5.41) is 6.41. The lowest BCUT2D eigenvalue weighted by molar-refractivity contribution is -0.114. The molecule has 5 rings (SSSR count). The van der Waals surface area contributed by atoms with Gasteiger partial charge in [0.25, 0.3) is 5.91 Å². The standard InChI is InChI=1S/C30H22BrClN2O5S/c1-2-38-27-19-20(18-26(31)29(27)39-40(36,37)24-15-13-22(32)14-16-24)17-25-28(21-9-5-3-6-10-21)33-34(30(25)35)23-11-7-4-8-12-23/h3-19H,2H2,1H3/b25-17-. The molecular weight excluding hydrogens is 616 g/mol. The van der Waals surface area contributed by atoms with E-state index >= 15 is 0 Å². The van der Waals surface area contributed by atoms with Crippen LogP contribution in [0.5, 0.6) is 11.5 Å². The number of halogens is 2. The first-order chi connectivity index (χ1) is 19.3. The smallest absolute Gasteiger partial charge is 0.339 e. The van der Waals surface area contributed by atoms with Crippen LogP contribution in [-0.4, -0.2) is 26.6 Å². The maximum Gasteiger partial charge on any atom is 0.339 e. The number of hydrazone groups is 1. The van der Waals surface area contributed by atoms with Gasteiger partial charge in [-0.2, -0.15) is 18.5 Å². The van der Waals surface area contributed by atoms with E-state index in [1.807, 2.05) is 60.7 Å². The number of nitrogens with zero attached hydrogens (tertiary/aromatic N) is 2. The molecule has 0 spiro atoms. The number of amides is 1. The predicted octanol–water partition coefficient (Wildman–Crippen LogP) is 7.10. The van der Waals surface area contributed by atoms with E-state index in [2.05, 4.69) is 21.0 Å². The lowest BCUT2D eigenvalue weighted by Crippen LogP contribution is -2.21. The van der Waals surface area contributed by atoms with Crippen molar-refractivity contribution in [1.82, 2.24) is 0 Å². The number of anilines is 1. The molecule has 0 N–H and O–H groups in total. The van der Waals surface area contributed by atoms with Gasteiger partial charge in [-0.15, -0.1) is 0 Å². The van der Waals surface area contributed by atoms with Gasteiger partial charge in [0.1, 0.15) is 10.6 Å². The highest BCUT2D eigenvalue weighted by Crippen LogP contribution is 2.40. The quantitative estimate of drug-likeness (QED) is 0.152. The van der Waals surface area contributed by atoms with Gasteiger partial charge in [0.05, 0.1) is 22.3 Å². The molecule has 0 bridgehead atoms. The molecule has 1 aliphatic rings. The van der Waals surface area contributed by atoms with E-state index in [9.17, 15) is 13.2 Å². The number of hydrogen-bond acceptors (Lipinski definition) is 6. The van der Waals surface area contributed by atoms with Crippen molar-refractivity contribution >= 4 is 61.0 Å². The fourth-order valence-corrected chi connectivity index (χ4v) is 5.77. The molecule has 0 unspecified atom stereocenters. The van der Waals surface area contributed by atoms with Gasteiger partial charge in [-0.05, 0) is 83.0 Å². The van der Waals surface area contributed by atoms with Crippen molar-refractivity contribution in [1.29, 1.82) is 0 Å². The number of rotatable bonds is 8. The van der Waals surface area contributed by atoms with Crippen LogP contribution in [0.1, 0.15) is 18.1 Å². The summed E-state index contributed by atoms with van der Waals surface area (Å²) in [6.45, 7) is 2.02. The average Bonchev–Trinajstić information content (AvgIpc) is 3.27. The van der Waals surface area contributed by atoms with Crippen molar-refractivity contribution in [2.24, 2.45) is 5.10 Å². The lowest BCUT2D eigenvalue weighted by Gasteiger charge is -2.15. The van der Waals surface area contributed by atoms with E-state index in [0.717, 1.165) is 5.56 Å². The first-order valence-electron chi connectivity index (χ1n) is 12.2. The van der Waals surface area contributed by atoms with Crippen LogP contribution < -0.4 is 13.9 Å². The zero-order valence-corrected chi connectivity index (χ0v) is 24.3. The second kappa shape index (κ2) is 11.7. The number of carbonyl (C=O) groups excluding carboxylic acids is 1. The molecule has 1 amide bonds. The summed E-state index contributed by atoms with van der Waals surface area (Å²) in [6, 6.07) is 27.5. The highest BCUT2D eigenvalue weighted by atomic mass is 79.9. The Bertz CT molecular complexity index is 1730. The Kier molecular flexibility index (Phi) is 8.07. The molecule has 202 valence electrons. The van der Waals surface area contributed by atoms with Crippen LogP contribution in [0.4, 0.5) is 5.69 Å². The van der Waals surface area contributed by atoms with E-state index in [1.165, 1.54) is 29.3 Å². The van der Waals surface area contributed by atoms with Gasteiger partial charge in [0, 0.05) is 10.6 Å². The molecule has 1 aliphatic heterocycles. The topological polar surface area (TPSA) is 85.3 Å². The number of ether oxygens (including phenoxy) is 1. The van der Waals surface area contributed by atoms with Gasteiger partial charge in [0.2, 0.25) is 0 Å². The molecule has 0 radical (unpaired) electrons. The van der Waals surface area contributed by atoms with Crippen LogP contribution in [-0.2, 0) is 14.9 Å². The number of hydrogen-bond donors (Lipinski definition) is 0. The SMILES string of the molecule is CCOc1cc(/C=C2\C(=O)N(c3ccccc3)N=C2c2ccccc2)cc(Br)c1OS(=O)(=O)c1ccc(Cl)cc1. The van der Waals surface area contributed by atoms with Crippen LogP contribution in [0.2, 0.25) is 5.02 Å². The van der Waals surface area contributed by atoms with Gasteiger partial charge in [0.15, 0.2) is 11.5 Å². The van der Waals surface area contributed by atoms with Crippen LogP contribution in [0.15, 0.2) is 117 Å². The number of benzene rings is 4. The summed E-state index contributed by atoms with van der Waals surface area (Å²) < 4.78 is 37.5. The maximum absolute atomic E-state index is 13.6. The van der Waals surface area contributed by atoms with Gasteiger partial charge in [-0.1, -0.05) is 60.1 Å². The molecule has 0 aromatic heterocycles. The highest BCUT2D eigenvalue weighted by Gasteiger charge is 2.32. The molecule has 0 saturated carbocycles. The van der Waals surface area contributed by atoms with Gasteiger partial charge in [-0.3, -0.25) is 4.79 Å². The minimum absolute atomic E-state index is 0.0143. The molecule has 10 heteroatoms. The van der Waals surface area contributed by atoms with Crippen LogP contribution in [0, 0.1) is 0 Å². The largest absolute Gasteiger partial charge is 0.490 e. The maximum atomic E-state index is 13.6. The van der Waals surface area contributed by atoms with Crippen LogP contribution in [0.3, 0.4) is 0 Å². The van der Waals surface area contributed by atoms with Crippen LogP contribution in [0.25, 0.3) is 6.08 Å². The Morgan fingerprint density at radius 3 is 2.25 bits per heavy atom. The van der Waals surface area contributed by atoms with Crippen molar-refractivity contribution in [2.45, 2.75) is 11.8 Å². The van der Waals surface area contributed by atoms with E-state index < -0.39 is 10.1 Å². The molecular formula is C30H22BrClN2O5S. The molecule has 1 heterocycles. The molecule has 0 atom stereocenters. The van der Waals surface area contributed by atoms with Gasteiger partial charge >= 0.3 is 10.1 Å². The Balaban J connectivity index is 1.56. The van der Waals surface area contributed by atoms with E-state index in [4.69, 9.17) is 20.5 Å². The fourth-order valence-electron chi connectivity index (χ4n) is 4.04. The van der Waals surface area contributed by atoms with Crippen molar-refractivity contribution in [3.05, 3.63) is 123 Å². The summed E-state index contributed by atoms with van der Waals surface area (Å²) >= 11 is 9.33. The zero-order valence-electron chi connectivity index (χ0n) is 21.1. The normalized spacial score (nSPS) is 14.4. The molecule has 0 saturated heterocycles. The van der Waals surface area contributed by atoms with Crippen molar-refractivity contribution in [2.75, 3.05) is 11.6 Å². The fraction of sp³-hybridized carbons (Fsp3) is 0.0667. The summed E-state index contributed by atoms with van der Waals surface area (Å²) in [5.41, 5.74) is 2.87. The van der Waals surface area contributed by atoms with Crippen molar-refractivity contribution in [3.63, 3.8) is 0 Å². The molecule has 0 aliphatic carbocycles. The Morgan fingerprint density at radius 1 is 0.950 bits per heavy atom. The minimum Gasteiger partial charge on any atom is -0.490 e. The first kappa shape index (κ1) is 27.6. The molecule has 40 heavy (non-hydrogen) atoms. The van der Waals surface area contributed by atoms with E-state index in [1.54, 1.807) is 25.1 Å². The third kappa shape index (κ3) is 5.82. The minimum atomic E-state index is -4.18. The second-order valence-corrected chi connectivity index (χ2v) is 11.4.